The third-order valence-electron chi connectivity index (χ3n) is 3.83. The Kier molecular flexibility index (Phi) is 8.73. The minimum Gasteiger partial charge on any atom is -0.357 e. The Hall–Kier alpha value is -1.94. The number of benzene rings is 1. The minimum absolute atomic E-state index is 0. The maximum absolute atomic E-state index is 4.73. The van der Waals surface area contributed by atoms with Gasteiger partial charge in [0.2, 0.25) is 0 Å². The number of hydrogen-bond acceptors (Lipinski definition) is 4. The van der Waals surface area contributed by atoms with Gasteiger partial charge in [-0.25, -0.2) is 15.0 Å². The zero-order valence-electron chi connectivity index (χ0n) is 15.6. The number of aryl methyl sites for hydroxylation is 1. The van der Waals surface area contributed by atoms with Crippen LogP contribution in [0.25, 0.3) is 5.69 Å². The van der Waals surface area contributed by atoms with Gasteiger partial charge in [0.25, 0.3) is 0 Å². The fraction of sp³-hybridized carbons (Fsp3) is 0.316. The standard InChI is InChI=1S/C19H24N6S.HI/c1-3-21-19(22-9-8-18-23-12-15(2)26-18)24-13-16-6-4-5-7-17(16)25-11-10-20-14-25;/h4-7,10-12,14H,3,8-9,13H2,1-2H3,(H2,21,22,24);1H. The molecule has 2 aromatic heterocycles. The lowest BCUT2D eigenvalue weighted by Gasteiger charge is -2.12. The van der Waals surface area contributed by atoms with Gasteiger partial charge in [-0.15, -0.1) is 35.3 Å². The highest BCUT2D eigenvalue weighted by Crippen LogP contribution is 2.15. The molecule has 0 aliphatic carbocycles. The molecule has 2 heterocycles. The van der Waals surface area contributed by atoms with E-state index in [0.717, 1.165) is 41.7 Å². The third kappa shape index (κ3) is 6.31. The number of rotatable bonds is 7. The maximum atomic E-state index is 4.73. The summed E-state index contributed by atoms with van der Waals surface area (Å²) in [5.74, 6) is 0.821. The number of thiazole rings is 1. The number of halogens is 1. The van der Waals surface area contributed by atoms with Crippen LogP contribution in [0.1, 0.15) is 22.4 Å². The zero-order chi connectivity index (χ0) is 18.2. The second-order valence-electron chi connectivity index (χ2n) is 5.84. The van der Waals surface area contributed by atoms with E-state index in [1.807, 2.05) is 35.4 Å². The van der Waals surface area contributed by atoms with Gasteiger partial charge < -0.3 is 15.2 Å². The summed E-state index contributed by atoms with van der Waals surface area (Å²) in [7, 11) is 0. The summed E-state index contributed by atoms with van der Waals surface area (Å²) in [5, 5.41) is 7.84. The van der Waals surface area contributed by atoms with Gasteiger partial charge in [0.15, 0.2) is 5.96 Å². The molecule has 6 nitrogen and oxygen atoms in total. The van der Waals surface area contributed by atoms with Crippen molar-refractivity contribution in [2.24, 2.45) is 4.99 Å². The van der Waals surface area contributed by atoms with Crippen LogP contribution in [0.15, 0.2) is 54.2 Å². The number of aliphatic imine (C=N–C) groups is 1. The van der Waals surface area contributed by atoms with Gasteiger partial charge in [-0.1, -0.05) is 18.2 Å². The predicted molar refractivity (Wildman–Crippen MR) is 122 cm³/mol. The first-order valence-electron chi connectivity index (χ1n) is 8.76. The van der Waals surface area contributed by atoms with E-state index in [2.05, 4.69) is 46.6 Å². The van der Waals surface area contributed by atoms with Crippen LogP contribution in [0.3, 0.4) is 0 Å². The highest BCUT2D eigenvalue weighted by molar-refractivity contribution is 14.0. The fourth-order valence-corrected chi connectivity index (χ4v) is 3.40. The lowest BCUT2D eigenvalue weighted by atomic mass is 10.2. The molecular weight excluding hydrogens is 471 g/mol. The van der Waals surface area contributed by atoms with Crippen molar-refractivity contribution in [3.63, 3.8) is 0 Å². The highest BCUT2D eigenvalue weighted by Gasteiger charge is 2.05. The molecule has 3 aromatic rings. The van der Waals surface area contributed by atoms with Crippen molar-refractivity contribution in [2.45, 2.75) is 26.8 Å². The Morgan fingerprint density at radius 2 is 2.11 bits per heavy atom. The van der Waals surface area contributed by atoms with Crippen molar-refractivity contribution >= 4 is 41.3 Å². The molecule has 0 atom stereocenters. The van der Waals surface area contributed by atoms with Crippen molar-refractivity contribution in [1.29, 1.82) is 0 Å². The van der Waals surface area contributed by atoms with Crippen molar-refractivity contribution in [1.82, 2.24) is 25.2 Å². The number of hydrogen-bond donors (Lipinski definition) is 2. The lowest BCUT2D eigenvalue weighted by Crippen LogP contribution is -2.38. The molecule has 0 radical (unpaired) electrons. The SMILES string of the molecule is CCNC(=NCc1ccccc1-n1ccnc1)NCCc1ncc(C)s1.I. The number of guanidine groups is 1. The molecule has 0 amide bonds. The van der Waals surface area contributed by atoms with Crippen LogP contribution in [0.5, 0.6) is 0 Å². The average Bonchev–Trinajstić information content (AvgIpc) is 3.32. The Labute approximate surface area is 181 Å². The molecule has 27 heavy (non-hydrogen) atoms. The Morgan fingerprint density at radius 1 is 1.26 bits per heavy atom. The van der Waals surface area contributed by atoms with Crippen LogP contribution in [-0.2, 0) is 13.0 Å². The number of nitrogens with zero attached hydrogens (tertiary/aromatic N) is 4. The lowest BCUT2D eigenvalue weighted by molar-refractivity contribution is 0.795. The van der Waals surface area contributed by atoms with Crippen LogP contribution >= 0.6 is 35.3 Å². The van der Waals surface area contributed by atoms with Gasteiger partial charge in [0.1, 0.15) is 0 Å². The molecule has 0 saturated carbocycles. The van der Waals surface area contributed by atoms with Crippen molar-refractivity contribution in [2.75, 3.05) is 13.1 Å². The largest absolute Gasteiger partial charge is 0.357 e. The molecule has 0 bridgehead atoms. The first-order chi connectivity index (χ1) is 12.8. The summed E-state index contributed by atoms with van der Waals surface area (Å²) < 4.78 is 2.01. The first-order valence-corrected chi connectivity index (χ1v) is 9.57. The maximum Gasteiger partial charge on any atom is 0.191 e. The number of para-hydroxylation sites is 1. The summed E-state index contributed by atoms with van der Waals surface area (Å²) in [4.78, 5) is 14.5. The molecule has 2 N–H and O–H groups in total. The van der Waals surface area contributed by atoms with E-state index in [-0.39, 0.29) is 24.0 Å². The monoisotopic (exact) mass is 496 g/mol. The molecule has 0 saturated heterocycles. The van der Waals surface area contributed by atoms with Crippen LogP contribution in [0.4, 0.5) is 0 Å². The summed E-state index contributed by atoms with van der Waals surface area (Å²) in [5.41, 5.74) is 2.25. The van der Waals surface area contributed by atoms with Crippen LogP contribution < -0.4 is 10.6 Å². The van der Waals surface area contributed by atoms with E-state index in [1.165, 1.54) is 4.88 Å². The average molecular weight is 496 g/mol. The van der Waals surface area contributed by atoms with Gasteiger partial charge in [-0.05, 0) is 25.5 Å². The Morgan fingerprint density at radius 3 is 2.81 bits per heavy atom. The van der Waals surface area contributed by atoms with Gasteiger partial charge >= 0.3 is 0 Å². The predicted octanol–water partition coefficient (Wildman–Crippen LogP) is 3.55. The van der Waals surface area contributed by atoms with E-state index in [1.54, 1.807) is 17.5 Å². The molecule has 3 rings (SSSR count). The summed E-state index contributed by atoms with van der Waals surface area (Å²) >= 11 is 1.74. The summed E-state index contributed by atoms with van der Waals surface area (Å²) in [6.07, 6.45) is 8.36. The summed E-state index contributed by atoms with van der Waals surface area (Å²) in [6.45, 7) is 6.38. The van der Waals surface area contributed by atoms with E-state index < -0.39 is 0 Å². The van der Waals surface area contributed by atoms with Gasteiger partial charge in [0.05, 0.1) is 23.6 Å². The molecule has 0 fully saturated rings. The topological polar surface area (TPSA) is 67.1 Å². The molecule has 0 spiro atoms. The highest BCUT2D eigenvalue weighted by atomic mass is 127. The Balaban J connectivity index is 0.00000261. The third-order valence-corrected chi connectivity index (χ3v) is 4.80. The molecule has 0 aliphatic rings. The van der Waals surface area contributed by atoms with Gasteiger partial charge in [0, 0.05) is 43.0 Å². The molecular formula is C19H25IN6S. The van der Waals surface area contributed by atoms with E-state index in [0.29, 0.717) is 6.54 Å². The van der Waals surface area contributed by atoms with Crippen LogP contribution in [0.2, 0.25) is 0 Å². The minimum atomic E-state index is 0. The quantitative estimate of drug-likeness (QED) is 0.298. The number of nitrogens with one attached hydrogen (secondary N) is 2. The van der Waals surface area contributed by atoms with Crippen molar-refractivity contribution in [3.05, 3.63) is 64.6 Å². The second-order valence-corrected chi connectivity index (χ2v) is 7.15. The first kappa shape index (κ1) is 21.4. The van der Waals surface area contributed by atoms with E-state index in [4.69, 9.17) is 4.99 Å². The van der Waals surface area contributed by atoms with Crippen LogP contribution in [0, 0.1) is 6.92 Å². The van der Waals surface area contributed by atoms with Crippen LogP contribution in [-0.4, -0.2) is 33.6 Å². The van der Waals surface area contributed by atoms with Gasteiger partial charge in [-0.3, -0.25) is 0 Å². The Bertz CT molecular complexity index is 844. The van der Waals surface area contributed by atoms with Crippen molar-refractivity contribution in [3.8, 4) is 5.69 Å². The van der Waals surface area contributed by atoms with E-state index >= 15 is 0 Å². The molecule has 0 aliphatic heterocycles. The summed E-state index contributed by atoms with van der Waals surface area (Å²) in [6, 6.07) is 8.25. The fourth-order valence-electron chi connectivity index (χ4n) is 2.61. The molecule has 8 heteroatoms. The van der Waals surface area contributed by atoms with E-state index in [9.17, 15) is 0 Å². The molecule has 1 aromatic carbocycles. The van der Waals surface area contributed by atoms with Gasteiger partial charge in [-0.2, -0.15) is 0 Å². The van der Waals surface area contributed by atoms with Crippen molar-refractivity contribution < 1.29 is 0 Å². The normalized spacial score (nSPS) is 11.1. The molecule has 144 valence electrons. The number of aromatic nitrogens is 3. The number of imidazole rings is 1. The smallest absolute Gasteiger partial charge is 0.191 e. The second kappa shape index (κ2) is 11.0. The zero-order valence-corrected chi connectivity index (χ0v) is 18.7. The molecule has 0 unspecified atom stereocenters.